The summed E-state index contributed by atoms with van der Waals surface area (Å²) in [5.41, 5.74) is 3.53. The molecular weight excluding hydrogens is 522 g/mol. The number of amides is 2. The van der Waals surface area contributed by atoms with Gasteiger partial charge in [-0.3, -0.25) is 9.59 Å². The van der Waals surface area contributed by atoms with Gasteiger partial charge in [-0.2, -0.15) is 0 Å². The van der Waals surface area contributed by atoms with E-state index < -0.39 is 0 Å². The zero-order valence-corrected chi connectivity index (χ0v) is 24.1. The molecule has 0 aliphatic carbocycles. The number of hydrogen-bond donors (Lipinski definition) is 0. The van der Waals surface area contributed by atoms with Crippen molar-refractivity contribution in [2.45, 2.75) is 33.5 Å². The summed E-state index contributed by atoms with van der Waals surface area (Å²) in [4.78, 5) is 30.8. The highest BCUT2D eigenvalue weighted by Crippen LogP contribution is 2.20. The molecule has 40 heavy (non-hydrogen) atoms. The predicted octanol–water partition coefficient (Wildman–Crippen LogP) is 6.53. The molecule has 4 aromatic rings. The maximum Gasteiger partial charge on any atom is 0.255 e. The number of halogens is 1. The Labute approximate surface area is 241 Å². The predicted molar refractivity (Wildman–Crippen MR) is 159 cm³/mol. The molecule has 0 aliphatic rings. The number of aromatic nitrogens is 1. The minimum Gasteiger partial charge on any atom is -0.497 e. The summed E-state index contributed by atoms with van der Waals surface area (Å²) in [5.74, 6) is 0.621. The number of rotatable bonds is 12. The lowest BCUT2D eigenvalue weighted by molar-refractivity contribution is -0.133. The van der Waals surface area contributed by atoms with Crippen LogP contribution in [-0.4, -0.2) is 46.4 Å². The molecule has 1 aromatic heterocycles. The van der Waals surface area contributed by atoms with Crippen LogP contribution in [0.25, 0.3) is 0 Å². The van der Waals surface area contributed by atoms with Gasteiger partial charge in [-0.25, -0.2) is 0 Å². The highest BCUT2D eigenvalue weighted by atomic mass is 35.5. The smallest absolute Gasteiger partial charge is 0.255 e. The molecule has 0 saturated heterocycles. The minimum absolute atomic E-state index is 0.0360. The second-order valence-corrected chi connectivity index (χ2v) is 10.7. The van der Waals surface area contributed by atoms with Gasteiger partial charge in [0.25, 0.3) is 5.91 Å². The highest BCUT2D eigenvalue weighted by molar-refractivity contribution is 6.33. The van der Waals surface area contributed by atoms with Gasteiger partial charge in [-0.1, -0.05) is 80.0 Å². The summed E-state index contributed by atoms with van der Waals surface area (Å²) in [6, 6.07) is 28.9. The molecule has 0 aliphatic heterocycles. The molecule has 0 spiro atoms. The van der Waals surface area contributed by atoms with E-state index in [4.69, 9.17) is 16.3 Å². The second-order valence-electron chi connectivity index (χ2n) is 10.3. The van der Waals surface area contributed by atoms with Crippen molar-refractivity contribution in [1.82, 2.24) is 14.4 Å². The largest absolute Gasteiger partial charge is 0.497 e. The number of methoxy groups -OCH3 is 1. The second kappa shape index (κ2) is 13.9. The van der Waals surface area contributed by atoms with Gasteiger partial charge >= 0.3 is 0 Å². The normalized spacial score (nSPS) is 10.9. The van der Waals surface area contributed by atoms with E-state index in [1.54, 1.807) is 36.3 Å². The van der Waals surface area contributed by atoms with Crippen molar-refractivity contribution in [2.24, 2.45) is 5.92 Å². The Morgan fingerprint density at radius 2 is 1.57 bits per heavy atom. The summed E-state index contributed by atoms with van der Waals surface area (Å²) in [7, 11) is 1.66. The van der Waals surface area contributed by atoms with Gasteiger partial charge < -0.3 is 19.1 Å². The maximum absolute atomic E-state index is 13.9. The Bertz CT molecular complexity index is 1420. The van der Waals surface area contributed by atoms with Crippen LogP contribution < -0.4 is 4.74 Å². The fraction of sp³-hybridized carbons (Fsp3) is 0.273. The third-order valence-corrected chi connectivity index (χ3v) is 6.97. The summed E-state index contributed by atoms with van der Waals surface area (Å²) >= 11 is 6.35. The topological polar surface area (TPSA) is 54.8 Å². The Hall–Kier alpha value is -4.03. The summed E-state index contributed by atoms with van der Waals surface area (Å²) < 4.78 is 7.53. The first kappa shape index (κ1) is 29.0. The minimum atomic E-state index is -0.242. The number of carbonyl (C=O) groups excluding carboxylic acids is 2. The first-order valence-electron chi connectivity index (χ1n) is 13.5. The van der Waals surface area contributed by atoms with Crippen LogP contribution in [0.5, 0.6) is 5.75 Å². The molecule has 0 atom stereocenters. The third-order valence-electron chi connectivity index (χ3n) is 6.64. The molecule has 0 N–H and O–H groups in total. The summed E-state index contributed by atoms with van der Waals surface area (Å²) in [6.45, 7) is 5.96. The van der Waals surface area contributed by atoms with Crippen molar-refractivity contribution in [3.63, 3.8) is 0 Å². The highest BCUT2D eigenvalue weighted by Gasteiger charge is 2.25. The van der Waals surface area contributed by atoms with E-state index in [0.29, 0.717) is 36.8 Å². The Kier molecular flexibility index (Phi) is 10.0. The lowest BCUT2D eigenvalue weighted by atomic mass is 10.1. The van der Waals surface area contributed by atoms with E-state index in [2.05, 4.69) is 10.6 Å². The van der Waals surface area contributed by atoms with Gasteiger partial charge in [0.1, 0.15) is 12.3 Å². The Balaban J connectivity index is 1.58. The molecule has 0 saturated carbocycles. The third kappa shape index (κ3) is 7.76. The molecule has 2 amide bonds. The lowest BCUT2D eigenvalue weighted by Crippen LogP contribution is -2.44. The van der Waals surface area contributed by atoms with Crippen molar-refractivity contribution in [2.75, 3.05) is 20.2 Å². The van der Waals surface area contributed by atoms with Crippen LogP contribution in [0.3, 0.4) is 0 Å². The van der Waals surface area contributed by atoms with Crippen LogP contribution >= 0.6 is 11.6 Å². The van der Waals surface area contributed by atoms with Crippen molar-refractivity contribution in [3.8, 4) is 5.75 Å². The average Bonchev–Trinajstić information content (AvgIpc) is 3.38. The SMILES string of the molecule is COc1cccc(Cn2cccc2CN(Cc2ccccc2)C(=O)CN(CC(C)C)C(=O)c2ccccc2Cl)c1. The van der Waals surface area contributed by atoms with Crippen LogP contribution in [-0.2, 0) is 24.4 Å². The van der Waals surface area contributed by atoms with Gasteiger partial charge in [0.15, 0.2) is 0 Å². The number of nitrogens with zero attached hydrogens (tertiary/aromatic N) is 3. The molecule has 0 unspecified atom stereocenters. The van der Waals surface area contributed by atoms with Crippen molar-refractivity contribution < 1.29 is 14.3 Å². The lowest BCUT2D eigenvalue weighted by Gasteiger charge is -2.29. The zero-order chi connectivity index (χ0) is 28.5. The molecule has 0 bridgehead atoms. The quantitative estimate of drug-likeness (QED) is 0.199. The fourth-order valence-electron chi connectivity index (χ4n) is 4.67. The fourth-order valence-corrected chi connectivity index (χ4v) is 4.89. The van der Waals surface area contributed by atoms with Crippen molar-refractivity contribution in [3.05, 3.63) is 125 Å². The van der Waals surface area contributed by atoms with E-state index in [-0.39, 0.29) is 24.3 Å². The van der Waals surface area contributed by atoms with Crippen LogP contribution in [0.4, 0.5) is 0 Å². The number of hydrogen-bond acceptors (Lipinski definition) is 3. The van der Waals surface area contributed by atoms with E-state index >= 15 is 0 Å². The van der Waals surface area contributed by atoms with Crippen LogP contribution in [0, 0.1) is 5.92 Å². The van der Waals surface area contributed by atoms with E-state index in [0.717, 1.165) is 22.6 Å². The molecule has 0 fully saturated rings. The van der Waals surface area contributed by atoms with Gasteiger partial charge in [0.2, 0.25) is 5.91 Å². The van der Waals surface area contributed by atoms with Crippen molar-refractivity contribution >= 4 is 23.4 Å². The number of benzene rings is 3. The van der Waals surface area contributed by atoms with Crippen LogP contribution in [0.15, 0.2) is 97.2 Å². The molecule has 1 heterocycles. The Morgan fingerprint density at radius 1 is 0.850 bits per heavy atom. The van der Waals surface area contributed by atoms with Crippen molar-refractivity contribution in [1.29, 1.82) is 0 Å². The molecule has 3 aromatic carbocycles. The van der Waals surface area contributed by atoms with Gasteiger partial charge in [0, 0.05) is 31.5 Å². The summed E-state index contributed by atoms with van der Waals surface area (Å²) in [5, 5.41) is 0.380. The number of ether oxygens (including phenoxy) is 1. The molecule has 4 rings (SSSR count). The van der Waals surface area contributed by atoms with E-state index in [1.165, 1.54) is 0 Å². The standard InChI is InChI=1S/C33H36ClN3O3/c1-25(2)20-37(33(39)30-16-7-8-17-31(30)34)24-32(38)36(21-26-11-5-4-6-12-26)23-28-14-10-18-35(28)22-27-13-9-15-29(19-27)40-3/h4-19,25H,20-24H2,1-3H3. The molecule has 6 nitrogen and oxygen atoms in total. The average molecular weight is 558 g/mol. The van der Waals surface area contributed by atoms with Gasteiger partial charge in [-0.05, 0) is 53.4 Å². The molecular formula is C33H36ClN3O3. The van der Waals surface area contributed by atoms with Crippen LogP contribution in [0.1, 0.15) is 41.0 Å². The van der Waals surface area contributed by atoms with E-state index in [1.807, 2.05) is 85.6 Å². The molecule has 7 heteroatoms. The zero-order valence-electron chi connectivity index (χ0n) is 23.3. The van der Waals surface area contributed by atoms with Gasteiger partial charge in [-0.15, -0.1) is 0 Å². The summed E-state index contributed by atoms with van der Waals surface area (Å²) in [6.07, 6.45) is 2.02. The molecule has 208 valence electrons. The molecule has 0 radical (unpaired) electrons. The Morgan fingerprint density at radius 3 is 2.30 bits per heavy atom. The maximum atomic E-state index is 13.9. The first-order valence-corrected chi connectivity index (χ1v) is 13.8. The first-order chi connectivity index (χ1) is 19.3. The monoisotopic (exact) mass is 557 g/mol. The number of carbonyl (C=O) groups is 2. The van der Waals surface area contributed by atoms with E-state index in [9.17, 15) is 9.59 Å². The van der Waals surface area contributed by atoms with Crippen LogP contribution in [0.2, 0.25) is 5.02 Å². The van der Waals surface area contributed by atoms with Gasteiger partial charge in [0.05, 0.1) is 24.2 Å².